The van der Waals surface area contributed by atoms with Crippen molar-refractivity contribution in [2.24, 2.45) is 0 Å². The molecule has 0 aromatic heterocycles. The zero-order chi connectivity index (χ0) is 12.0. The van der Waals surface area contributed by atoms with Crippen LogP contribution in [0.25, 0.3) is 0 Å². The lowest BCUT2D eigenvalue weighted by molar-refractivity contribution is -0.121. The van der Waals surface area contributed by atoms with Crippen LogP contribution in [0.1, 0.15) is 25.7 Å². The molecule has 1 fully saturated rings. The predicted octanol–water partition coefficient (Wildman–Crippen LogP) is 3.15. The minimum atomic E-state index is -0.312. The van der Waals surface area contributed by atoms with Crippen LogP contribution in [0, 0.1) is 0 Å². The molecule has 1 aromatic rings. The fraction of sp³-hybridized carbons (Fsp3) is 0.462. The number of para-hydroxylation sites is 1. The Hall–Kier alpha value is -1.03. The molecule has 0 bridgehead atoms. The maximum Gasteiger partial charge on any atom is 0.250 e. The monoisotopic (exact) mass is 294 g/mol. The van der Waals surface area contributed by atoms with Crippen molar-refractivity contribution in [1.29, 1.82) is 0 Å². The molecular weight excluding hydrogens is 280 g/mol. The summed E-state index contributed by atoms with van der Waals surface area (Å²) in [6, 6.07) is 6.04. The average Bonchev–Trinajstić information content (AvgIpc) is 2.79. The number of fused-ring (bicyclic) bond motifs is 1. The van der Waals surface area contributed by atoms with Crippen molar-refractivity contribution < 1.29 is 4.79 Å². The standard InChI is InChI=1S/C13H15BrN2O/c1-16-10-6-4-5-9(14)11(10)15-12(17)13(16)7-2-3-8-13/h4-6H,2-3,7-8H2,1H3,(H,15,17). The van der Waals surface area contributed by atoms with Crippen molar-refractivity contribution in [2.75, 3.05) is 17.3 Å². The fourth-order valence-electron chi connectivity index (χ4n) is 3.05. The van der Waals surface area contributed by atoms with Gasteiger partial charge in [-0.25, -0.2) is 0 Å². The lowest BCUT2D eigenvalue weighted by atomic mass is 9.91. The number of likely N-dealkylation sites (N-methyl/N-ethyl adjacent to an activating group) is 1. The van der Waals surface area contributed by atoms with Crippen LogP contribution < -0.4 is 10.2 Å². The van der Waals surface area contributed by atoms with E-state index in [4.69, 9.17) is 0 Å². The molecule has 0 atom stereocenters. The van der Waals surface area contributed by atoms with Crippen molar-refractivity contribution in [1.82, 2.24) is 0 Å². The zero-order valence-electron chi connectivity index (χ0n) is 9.79. The highest BCUT2D eigenvalue weighted by atomic mass is 79.9. The number of benzene rings is 1. The Kier molecular flexibility index (Phi) is 2.43. The van der Waals surface area contributed by atoms with Crippen LogP contribution in [0.2, 0.25) is 0 Å². The van der Waals surface area contributed by atoms with Crippen LogP contribution in [0.3, 0.4) is 0 Å². The Balaban J connectivity index is 2.13. The summed E-state index contributed by atoms with van der Waals surface area (Å²) in [5.41, 5.74) is 1.70. The van der Waals surface area contributed by atoms with E-state index < -0.39 is 0 Å². The molecule has 1 aliphatic carbocycles. The molecule has 3 nitrogen and oxygen atoms in total. The van der Waals surface area contributed by atoms with Crippen LogP contribution in [0.15, 0.2) is 22.7 Å². The maximum atomic E-state index is 12.4. The first-order valence-electron chi connectivity index (χ1n) is 5.99. The molecule has 1 aromatic carbocycles. The quantitative estimate of drug-likeness (QED) is 0.797. The maximum absolute atomic E-state index is 12.4. The van der Waals surface area contributed by atoms with Crippen LogP contribution in [0.5, 0.6) is 0 Å². The second-order valence-electron chi connectivity index (χ2n) is 4.89. The van der Waals surface area contributed by atoms with Gasteiger partial charge in [-0.2, -0.15) is 0 Å². The van der Waals surface area contributed by atoms with Gasteiger partial charge in [0.1, 0.15) is 5.54 Å². The molecule has 1 saturated carbocycles. The number of nitrogens with zero attached hydrogens (tertiary/aromatic N) is 1. The Labute approximate surface area is 109 Å². The average molecular weight is 295 g/mol. The van der Waals surface area contributed by atoms with Gasteiger partial charge in [0.2, 0.25) is 5.91 Å². The number of rotatable bonds is 0. The van der Waals surface area contributed by atoms with E-state index in [1.54, 1.807) is 0 Å². The highest BCUT2D eigenvalue weighted by molar-refractivity contribution is 9.10. The molecule has 90 valence electrons. The Bertz CT molecular complexity index is 480. The molecule has 0 unspecified atom stereocenters. The molecule has 2 aliphatic rings. The molecule has 1 N–H and O–H groups in total. The summed E-state index contributed by atoms with van der Waals surface area (Å²) < 4.78 is 0.947. The first kappa shape index (κ1) is 11.1. The lowest BCUT2D eigenvalue weighted by Gasteiger charge is -2.43. The summed E-state index contributed by atoms with van der Waals surface area (Å²) in [5, 5.41) is 3.06. The van der Waals surface area contributed by atoms with Gasteiger partial charge in [-0.1, -0.05) is 18.9 Å². The van der Waals surface area contributed by atoms with Gasteiger partial charge in [0.05, 0.1) is 11.4 Å². The number of hydrogen-bond donors (Lipinski definition) is 1. The van der Waals surface area contributed by atoms with E-state index in [0.717, 1.165) is 41.5 Å². The predicted molar refractivity (Wildman–Crippen MR) is 72.4 cm³/mol. The van der Waals surface area contributed by atoms with Crippen molar-refractivity contribution in [2.45, 2.75) is 31.2 Å². The minimum absolute atomic E-state index is 0.150. The van der Waals surface area contributed by atoms with Gasteiger partial charge in [-0.15, -0.1) is 0 Å². The molecule has 3 rings (SSSR count). The van der Waals surface area contributed by atoms with Crippen LogP contribution in [0.4, 0.5) is 11.4 Å². The number of nitrogens with one attached hydrogen (secondary N) is 1. The number of carbonyl (C=O) groups excluding carboxylic acids is 1. The van der Waals surface area contributed by atoms with Crippen LogP contribution in [-0.4, -0.2) is 18.5 Å². The molecular formula is C13H15BrN2O. The SMILES string of the molecule is CN1c2cccc(Br)c2NC(=O)C12CCCC2. The highest BCUT2D eigenvalue weighted by Crippen LogP contribution is 2.46. The van der Waals surface area contributed by atoms with E-state index in [1.807, 2.05) is 19.2 Å². The first-order chi connectivity index (χ1) is 8.15. The van der Waals surface area contributed by atoms with E-state index in [-0.39, 0.29) is 11.4 Å². The summed E-state index contributed by atoms with van der Waals surface area (Å²) in [5.74, 6) is 0.150. The topological polar surface area (TPSA) is 32.3 Å². The van der Waals surface area contributed by atoms with Gasteiger partial charge in [0.15, 0.2) is 0 Å². The third kappa shape index (κ3) is 1.43. The molecule has 1 spiro atoms. The Morgan fingerprint density at radius 1 is 1.35 bits per heavy atom. The smallest absolute Gasteiger partial charge is 0.250 e. The number of carbonyl (C=O) groups is 1. The van der Waals surface area contributed by atoms with Crippen LogP contribution >= 0.6 is 15.9 Å². The molecule has 0 saturated heterocycles. The zero-order valence-corrected chi connectivity index (χ0v) is 11.4. The molecule has 1 heterocycles. The van der Waals surface area contributed by atoms with Crippen molar-refractivity contribution >= 4 is 33.2 Å². The number of anilines is 2. The molecule has 17 heavy (non-hydrogen) atoms. The van der Waals surface area contributed by atoms with Crippen molar-refractivity contribution in [3.63, 3.8) is 0 Å². The first-order valence-corrected chi connectivity index (χ1v) is 6.78. The van der Waals surface area contributed by atoms with Gasteiger partial charge in [0.25, 0.3) is 0 Å². The van der Waals surface area contributed by atoms with Crippen molar-refractivity contribution in [3.05, 3.63) is 22.7 Å². The second kappa shape index (κ2) is 3.73. The van der Waals surface area contributed by atoms with Gasteiger partial charge >= 0.3 is 0 Å². The van der Waals surface area contributed by atoms with E-state index in [1.165, 1.54) is 0 Å². The van der Waals surface area contributed by atoms with Gasteiger partial charge < -0.3 is 10.2 Å². The normalized spacial score (nSPS) is 21.5. The highest BCUT2D eigenvalue weighted by Gasteiger charge is 2.48. The second-order valence-corrected chi connectivity index (χ2v) is 5.74. The van der Waals surface area contributed by atoms with Crippen molar-refractivity contribution in [3.8, 4) is 0 Å². The Morgan fingerprint density at radius 2 is 2.06 bits per heavy atom. The van der Waals surface area contributed by atoms with E-state index in [2.05, 4.69) is 32.2 Å². The summed E-state index contributed by atoms with van der Waals surface area (Å²) in [6.45, 7) is 0. The number of hydrogen-bond acceptors (Lipinski definition) is 2. The van der Waals surface area contributed by atoms with Crippen LogP contribution in [-0.2, 0) is 4.79 Å². The van der Waals surface area contributed by atoms with E-state index in [0.29, 0.717) is 0 Å². The molecule has 4 heteroatoms. The Morgan fingerprint density at radius 3 is 2.76 bits per heavy atom. The van der Waals surface area contributed by atoms with Gasteiger partial charge in [-0.3, -0.25) is 4.79 Å². The number of halogens is 1. The van der Waals surface area contributed by atoms with E-state index >= 15 is 0 Å². The van der Waals surface area contributed by atoms with E-state index in [9.17, 15) is 4.79 Å². The van der Waals surface area contributed by atoms with Gasteiger partial charge in [0, 0.05) is 11.5 Å². The summed E-state index contributed by atoms with van der Waals surface area (Å²) >= 11 is 3.49. The fourth-order valence-corrected chi connectivity index (χ4v) is 3.51. The molecule has 1 amide bonds. The van der Waals surface area contributed by atoms with Gasteiger partial charge in [-0.05, 0) is 40.9 Å². The molecule has 0 radical (unpaired) electrons. The minimum Gasteiger partial charge on any atom is -0.358 e. The summed E-state index contributed by atoms with van der Waals surface area (Å²) in [4.78, 5) is 14.5. The third-order valence-corrected chi connectivity index (χ3v) is 4.75. The largest absolute Gasteiger partial charge is 0.358 e. The lowest BCUT2D eigenvalue weighted by Crippen LogP contribution is -2.56. The summed E-state index contributed by atoms with van der Waals surface area (Å²) in [7, 11) is 2.04. The molecule has 1 aliphatic heterocycles. The third-order valence-electron chi connectivity index (χ3n) is 4.09. The number of amides is 1. The summed E-state index contributed by atoms with van der Waals surface area (Å²) in [6.07, 6.45) is 4.20.